The van der Waals surface area contributed by atoms with Crippen molar-refractivity contribution in [2.75, 3.05) is 26.7 Å². The minimum Gasteiger partial charge on any atom is -0.472 e. The molecule has 1 unspecified atom stereocenters. The van der Waals surface area contributed by atoms with Gasteiger partial charge in [-0.2, -0.15) is 0 Å². The van der Waals surface area contributed by atoms with Crippen LogP contribution < -0.4 is 10.1 Å². The Morgan fingerprint density at radius 2 is 2.43 bits per heavy atom. The first-order chi connectivity index (χ1) is 11.3. The van der Waals surface area contributed by atoms with Gasteiger partial charge < -0.3 is 15.0 Å². The number of ether oxygens (including phenoxy) is 1. The highest BCUT2D eigenvalue weighted by Crippen LogP contribution is 2.20. The van der Waals surface area contributed by atoms with Gasteiger partial charge in [0.05, 0.1) is 6.54 Å². The second kappa shape index (κ2) is 7.99. The fraction of sp³-hybridized carbons (Fsp3) is 0.556. The van der Waals surface area contributed by atoms with Gasteiger partial charge in [-0.25, -0.2) is 4.98 Å². The van der Waals surface area contributed by atoms with E-state index in [9.17, 15) is 0 Å². The molecule has 1 saturated heterocycles. The molecule has 3 rings (SSSR count). The lowest BCUT2D eigenvalue weighted by Gasteiger charge is -2.21. The van der Waals surface area contributed by atoms with Crippen LogP contribution in [0, 0.1) is 0 Å². The third-order valence-electron chi connectivity index (χ3n) is 4.45. The van der Waals surface area contributed by atoms with Gasteiger partial charge in [0.1, 0.15) is 6.10 Å². The van der Waals surface area contributed by atoms with Crippen LogP contribution in [0.5, 0.6) is 5.88 Å². The first kappa shape index (κ1) is 15.8. The van der Waals surface area contributed by atoms with Crippen LogP contribution in [0.2, 0.25) is 0 Å². The molecule has 0 radical (unpaired) electrons. The number of nitrogens with one attached hydrogen (secondary N) is 1. The SMILES string of the molecule is CN=C(NCCC1=CCCC1)N1CCC(Oc2ccccn2)C1. The fourth-order valence-corrected chi connectivity index (χ4v) is 3.24. The lowest BCUT2D eigenvalue weighted by molar-refractivity contribution is 0.205. The summed E-state index contributed by atoms with van der Waals surface area (Å²) >= 11 is 0. The highest BCUT2D eigenvalue weighted by atomic mass is 16.5. The predicted molar refractivity (Wildman–Crippen MR) is 92.8 cm³/mol. The van der Waals surface area contributed by atoms with Crippen LogP contribution in [0.25, 0.3) is 0 Å². The molecule has 1 aromatic rings. The van der Waals surface area contributed by atoms with Crippen molar-refractivity contribution in [2.45, 2.75) is 38.2 Å². The molecule has 1 N–H and O–H groups in total. The zero-order valence-electron chi connectivity index (χ0n) is 13.9. The molecule has 1 atom stereocenters. The molecular weight excluding hydrogens is 288 g/mol. The van der Waals surface area contributed by atoms with E-state index in [0.29, 0.717) is 5.88 Å². The molecule has 0 spiro atoms. The van der Waals surface area contributed by atoms with E-state index in [1.165, 1.54) is 19.3 Å². The van der Waals surface area contributed by atoms with E-state index in [1.807, 2.05) is 25.2 Å². The maximum Gasteiger partial charge on any atom is 0.213 e. The maximum atomic E-state index is 5.94. The molecule has 124 valence electrons. The summed E-state index contributed by atoms with van der Waals surface area (Å²) < 4.78 is 5.94. The van der Waals surface area contributed by atoms with Crippen molar-refractivity contribution in [1.82, 2.24) is 15.2 Å². The van der Waals surface area contributed by atoms with E-state index in [2.05, 4.69) is 26.3 Å². The smallest absolute Gasteiger partial charge is 0.213 e. The number of aromatic nitrogens is 1. The number of pyridine rings is 1. The number of aliphatic imine (C=N–C) groups is 1. The zero-order valence-corrected chi connectivity index (χ0v) is 13.9. The Bertz CT molecular complexity index is 555. The van der Waals surface area contributed by atoms with Gasteiger partial charge >= 0.3 is 0 Å². The first-order valence-electron chi connectivity index (χ1n) is 8.56. The number of allylic oxidation sites excluding steroid dienone is 1. The summed E-state index contributed by atoms with van der Waals surface area (Å²) in [5.41, 5.74) is 1.59. The summed E-state index contributed by atoms with van der Waals surface area (Å²) in [6.07, 6.45) is 10.3. The van der Waals surface area contributed by atoms with E-state index >= 15 is 0 Å². The molecule has 23 heavy (non-hydrogen) atoms. The molecule has 5 heteroatoms. The second-order valence-electron chi connectivity index (χ2n) is 6.12. The van der Waals surface area contributed by atoms with Gasteiger partial charge in [0.2, 0.25) is 5.88 Å². The number of hydrogen-bond donors (Lipinski definition) is 1. The standard InChI is InChI=1S/C18H26N4O/c1-19-18(21-12-9-15-6-2-3-7-15)22-13-10-16(14-22)23-17-8-4-5-11-20-17/h4-6,8,11,16H,2-3,7,9-10,12-14H2,1H3,(H,19,21). The van der Waals surface area contributed by atoms with E-state index in [4.69, 9.17) is 4.74 Å². The number of hydrogen-bond acceptors (Lipinski definition) is 3. The van der Waals surface area contributed by atoms with Crippen LogP contribution in [0.15, 0.2) is 41.0 Å². The van der Waals surface area contributed by atoms with Crippen molar-refractivity contribution < 1.29 is 4.74 Å². The number of guanidine groups is 1. The molecule has 1 aliphatic heterocycles. The molecule has 1 fully saturated rings. The van der Waals surface area contributed by atoms with Gasteiger partial charge in [0.15, 0.2) is 5.96 Å². The summed E-state index contributed by atoms with van der Waals surface area (Å²) in [5.74, 6) is 1.69. The summed E-state index contributed by atoms with van der Waals surface area (Å²) in [4.78, 5) is 10.9. The van der Waals surface area contributed by atoms with E-state index in [1.54, 1.807) is 11.8 Å². The van der Waals surface area contributed by atoms with Crippen LogP contribution in [0.4, 0.5) is 0 Å². The Kier molecular flexibility index (Phi) is 5.51. The second-order valence-corrected chi connectivity index (χ2v) is 6.12. The highest BCUT2D eigenvalue weighted by Gasteiger charge is 2.26. The monoisotopic (exact) mass is 314 g/mol. The fourth-order valence-electron chi connectivity index (χ4n) is 3.24. The van der Waals surface area contributed by atoms with Crippen molar-refractivity contribution in [1.29, 1.82) is 0 Å². The quantitative estimate of drug-likeness (QED) is 0.516. The van der Waals surface area contributed by atoms with Gasteiger partial charge in [-0.05, 0) is 31.7 Å². The van der Waals surface area contributed by atoms with E-state index < -0.39 is 0 Å². The molecule has 5 nitrogen and oxygen atoms in total. The van der Waals surface area contributed by atoms with Crippen LogP contribution in [-0.2, 0) is 0 Å². The minimum absolute atomic E-state index is 0.181. The van der Waals surface area contributed by atoms with Crippen molar-refractivity contribution in [3.63, 3.8) is 0 Å². The van der Waals surface area contributed by atoms with Crippen LogP contribution in [0.3, 0.4) is 0 Å². The molecule has 1 aromatic heterocycles. The molecule has 1 aliphatic carbocycles. The van der Waals surface area contributed by atoms with Gasteiger partial charge in [-0.15, -0.1) is 0 Å². The maximum absolute atomic E-state index is 5.94. The molecule has 2 heterocycles. The summed E-state index contributed by atoms with van der Waals surface area (Å²) in [7, 11) is 1.85. The predicted octanol–water partition coefficient (Wildman–Crippen LogP) is 2.61. The van der Waals surface area contributed by atoms with Crippen LogP contribution >= 0.6 is 0 Å². The van der Waals surface area contributed by atoms with Gasteiger partial charge in [-0.1, -0.05) is 17.7 Å². The zero-order chi connectivity index (χ0) is 15.9. The molecular formula is C18H26N4O. The summed E-state index contributed by atoms with van der Waals surface area (Å²) in [6.45, 7) is 2.79. The highest BCUT2D eigenvalue weighted by molar-refractivity contribution is 5.80. The number of likely N-dealkylation sites (tertiary alicyclic amines) is 1. The molecule has 0 bridgehead atoms. The minimum atomic E-state index is 0.181. The van der Waals surface area contributed by atoms with Gasteiger partial charge in [0.25, 0.3) is 0 Å². The topological polar surface area (TPSA) is 49.8 Å². The summed E-state index contributed by atoms with van der Waals surface area (Å²) in [5, 5.41) is 3.49. The Hall–Kier alpha value is -2.04. The lowest BCUT2D eigenvalue weighted by Crippen LogP contribution is -2.41. The largest absolute Gasteiger partial charge is 0.472 e. The lowest BCUT2D eigenvalue weighted by atomic mass is 10.2. The Labute approximate surface area is 138 Å². The van der Waals surface area contributed by atoms with Crippen molar-refractivity contribution in [2.24, 2.45) is 4.99 Å². The average molecular weight is 314 g/mol. The van der Waals surface area contributed by atoms with Crippen molar-refractivity contribution in [3.8, 4) is 5.88 Å². The van der Waals surface area contributed by atoms with Crippen molar-refractivity contribution in [3.05, 3.63) is 36.0 Å². The summed E-state index contributed by atoms with van der Waals surface area (Å²) in [6, 6.07) is 5.76. The Morgan fingerprint density at radius 1 is 1.48 bits per heavy atom. The number of rotatable bonds is 5. The third kappa shape index (κ3) is 4.47. The first-order valence-corrected chi connectivity index (χ1v) is 8.56. The molecule has 2 aliphatic rings. The molecule has 0 saturated carbocycles. The normalized spacial score (nSPS) is 21.4. The van der Waals surface area contributed by atoms with Crippen LogP contribution in [-0.4, -0.2) is 48.6 Å². The van der Waals surface area contributed by atoms with Crippen LogP contribution in [0.1, 0.15) is 32.1 Å². The molecule has 0 aromatic carbocycles. The Balaban J connectivity index is 1.44. The van der Waals surface area contributed by atoms with Crippen molar-refractivity contribution >= 4 is 5.96 Å². The Morgan fingerprint density at radius 3 is 3.17 bits per heavy atom. The third-order valence-corrected chi connectivity index (χ3v) is 4.45. The number of nitrogens with zero attached hydrogens (tertiary/aromatic N) is 3. The van der Waals surface area contributed by atoms with E-state index in [-0.39, 0.29) is 6.10 Å². The van der Waals surface area contributed by atoms with Gasteiger partial charge in [0, 0.05) is 38.8 Å². The molecule has 0 amide bonds. The average Bonchev–Trinajstić information content (AvgIpc) is 3.25. The van der Waals surface area contributed by atoms with Gasteiger partial charge in [-0.3, -0.25) is 4.99 Å². The van der Waals surface area contributed by atoms with E-state index in [0.717, 1.165) is 38.4 Å².